The molecular formula is C13H22BrN3. The summed E-state index contributed by atoms with van der Waals surface area (Å²) in [5, 5.41) is 0. The second-order valence-corrected chi connectivity index (χ2v) is 5.13. The summed E-state index contributed by atoms with van der Waals surface area (Å²) in [6, 6.07) is 2.00. The van der Waals surface area contributed by atoms with Crippen molar-refractivity contribution in [2.24, 2.45) is 5.92 Å². The molecule has 1 heterocycles. The number of nitrogens with zero attached hydrogens (tertiary/aromatic N) is 3. The first-order valence-electron chi connectivity index (χ1n) is 6.36. The van der Waals surface area contributed by atoms with Crippen molar-refractivity contribution in [2.45, 2.75) is 40.5 Å². The van der Waals surface area contributed by atoms with Crippen LogP contribution < -0.4 is 4.90 Å². The van der Waals surface area contributed by atoms with Crippen LogP contribution in [-0.2, 0) is 0 Å². The fourth-order valence-corrected chi connectivity index (χ4v) is 2.38. The van der Waals surface area contributed by atoms with Gasteiger partial charge in [0.25, 0.3) is 0 Å². The molecule has 0 atom stereocenters. The zero-order chi connectivity index (χ0) is 12.8. The van der Waals surface area contributed by atoms with E-state index in [2.05, 4.69) is 51.6 Å². The lowest BCUT2D eigenvalue weighted by Crippen LogP contribution is -2.30. The third-order valence-electron chi connectivity index (χ3n) is 3.13. The van der Waals surface area contributed by atoms with Gasteiger partial charge in [0, 0.05) is 19.2 Å². The molecule has 0 N–H and O–H groups in total. The molecule has 0 unspecified atom stereocenters. The Kier molecular flexibility index (Phi) is 5.89. The van der Waals surface area contributed by atoms with E-state index in [9.17, 15) is 0 Å². The molecule has 0 saturated carbocycles. The molecule has 0 spiro atoms. The summed E-state index contributed by atoms with van der Waals surface area (Å²) in [6.45, 7) is 10.7. The first-order chi connectivity index (χ1) is 8.10. The van der Waals surface area contributed by atoms with Crippen LogP contribution in [0.15, 0.2) is 10.7 Å². The van der Waals surface area contributed by atoms with E-state index in [4.69, 9.17) is 0 Å². The fraction of sp³-hybridized carbons (Fsp3) is 0.692. The smallest absolute Gasteiger partial charge is 0.133 e. The molecule has 17 heavy (non-hydrogen) atoms. The summed E-state index contributed by atoms with van der Waals surface area (Å²) in [5.41, 5.74) is 0. The molecule has 0 aliphatic rings. The maximum absolute atomic E-state index is 4.51. The van der Waals surface area contributed by atoms with E-state index >= 15 is 0 Å². The van der Waals surface area contributed by atoms with Gasteiger partial charge >= 0.3 is 0 Å². The first kappa shape index (κ1) is 14.4. The van der Waals surface area contributed by atoms with E-state index in [0.717, 1.165) is 35.3 Å². The van der Waals surface area contributed by atoms with Crippen molar-refractivity contribution in [2.75, 3.05) is 18.0 Å². The highest BCUT2D eigenvalue weighted by Crippen LogP contribution is 2.19. The molecule has 0 aromatic carbocycles. The van der Waals surface area contributed by atoms with Gasteiger partial charge < -0.3 is 4.90 Å². The fourth-order valence-electron chi connectivity index (χ4n) is 1.92. The van der Waals surface area contributed by atoms with E-state index in [1.807, 2.05) is 13.0 Å². The average molecular weight is 300 g/mol. The maximum Gasteiger partial charge on any atom is 0.133 e. The van der Waals surface area contributed by atoms with Crippen LogP contribution in [0.3, 0.4) is 0 Å². The molecule has 0 saturated heterocycles. The molecule has 4 heteroatoms. The molecule has 0 bridgehead atoms. The Morgan fingerprint density at radius 3 is 2.35 bits per heavy atom. The van der Waals surface area contributed by atoms with E-state index in [-0.39, 0.29) is 0 Å². The largest absolute Gasteiger partial charge is 0.356 e. The van der Waals surface area contributed by atoms with Crippen LogP contribution in [0.4, 0.5) is 5.82 Å². The predicted molar refractivity (Wildman–Crippen MR) is 76.4 cm³/mol. The molecule has 1 aromatic rings. The Morgan fingerprint density at radius 2 is 1.88 bits per heavy atom. The van der Waals surface area contributed by atoms with Gasteiger partial charge in [-0.05, 0) is 35.7 Å². The molecule has 96 valence electrons. The van der Waals surface area contributed by atoms with Crippen molar-refractivity contribution < 1.29 is 0 Å². The first-order valence-corrected chi connectivity index (χ1v) is 7.16. The highest BCUT2D eigenvalue weighted by Gasteiger charge is 2.12. The number of hydrogen-bond donors (Lipinski definition) is 0. The second kappa shape index (κ2) is 6.94. The summed E-state index contributed by atoms with van der Waals surface area (Å²) < 4.78 is 0.864. The average Bonchev–Trinajstić information content (AvgIpc) is 2.29. The third-order valence-corrected chi connectivity index (χ3v) is 3.54. The molecule has 0 fully saturated rings. The Morgan fingerprint density at radius 1 is 1.24 bits per heavy atom. The van der Waals surface area contributed by atoms with Crippen LogP contribution in [0, 0.1) is 12.8 Å². The Labute approximate surface area is 113 Å². The monoisotopic (exact) mass is 299 g/mol. The van der Waals surface area contributed by atoms with E-state index < -0.39 is 0 Å². The van der Waals surface area contributed by atoms with Crippen LogP contribution in [0.1, 0.15) is 39.4 Å². The lowest BCUT2D eigenvalue weighted by molar-refractivity contribution is 0.484. The van der Waals surface area contributed by atoms with Gasteiger partial charge in [0.1, 0.15) is 16.2 Å². The Balaban J connectivity index is 2.85. The highest BCUT2D eigenvalue weighted by atomic mass is 79.9. The minimum Gasteiger partial charge on any atom is -0.356 e. The number of rotatable bonds is 6. The van der Waals surface area contributed by atoms with Crippen molar-refractivity contribution in [1.29, 1.82) is 0 Å². The van der Waals surface area contributed by atoms with Gasteiger partial charge in [0.05, 0.1) is 0 Å². The summed E-state index contributed by atoms with van der Waals surface area (Å²) in [6.07, 6.45) is 2.44. The van der Waals surface area contributed by atoms with E-state index in [1.54, 1.807) is 0 Å². The van der Waals surface area contributed by atoms with Gasteiger partial charge in [-0.1, -0.05) is 26.7 Å². The lowest BCUT2D eigenvalue weighted by Gasteiger charge is -2.26. The van der Waals surface area contributed by atoms with Crippen LogP contribution in [0.25, 0.3) is 0 Å². The van der Waals surface area contributed by atoms with Crippen LogP contribution >= 0.6 is 15.9 Å². The molecule has 0 aliphatic heterocycles. The van der Waals surface area contributed by atoms with E-state index in [1.165, 1.54) is 12.8 Å². The van der Waals surface area contributed by atoms with E-state index in [0.29, 0.717) is 0 Å². The van der Waals surface area contributed by atoms with Crippen molar-refractivity contribution in [3.05, 3.63) is 16.5 Å². The summed E-state index contributed by atoms with van der Waals surface area (Å²) in [7, 11) is 0. The number of aromatic nitrogens is 2. The van der Waals surface area contributed by atoms with Gasteiger partial charge in [-0.15, -0.1) is 0 Å². The molecule has 1 rings (SSSR count). The lowest BCUT2D eigenvalue weighted by atomic mass is 10.0. The SMILES string of the molecule is CCC(CC)CN(CC)c1cc(Br)nc(C)n1. The standard InChI is InChI=1S/C13H22BrN3/c1-5-11(6-2)9-17(7-3)13-8-12(14)15-10(4)16-13/h8,11H,5-7,9H2,1-4H3. The van der Waals surface area contributed by atoms with Gasteiger partial charge in [-0.2, -0.15) is 0 Å². The van der Waals surface area contributed by atoms with Crippen molar-refractivity contribution in [3.8, 4) is 0 Å². The molecule has 0 aliphatic carbocycles. The third kappa shape index (κ3) is 4.26. The maximum atomic E-state index is 4.51. The Hall–Kier alpha value is -0.640. The number of hydrogen-bond acceptors (Lipinski definition) is 3. The molecule has 3 nitrogen and oxygen atoms in total. The number of aryl methyl sites for hydroxylation is 1. The topological polar surface area (TPSA) is 29.0 Å². The molecule has 0 amide bonds. The van der Waals surface area contributed by atoms with Gasteiger partial charge in [-0.3, -0.25) is 0 Å². The number of anilines is 1. The zero-order valence-electron chi connectivity index (χ0n) is 11.2. The predicted octanol–water partition coefficient (Wildman–Crippen LogP) is 3.81. The summed E-state index contributed by atoms with van der Waals surface area (Å²) >= 11 is 3.43. The van der Waals surface area contributed by atoms with Crippen LogP contribution in [-0.4, -0.2) is 23.1 Å². The van der Waals surface area contributed by atoms with Crippen molar-refractivity contribution in [3.63, 3.8) is 0 Å². The second-order valence-electron chi connectivity index (χ2n) is 4.32. The van der Waals surface area contributed by atoms with Crippen LogP contribution in [0.5, 0.6) is 0 Å². The summed E-state index contributed by atoms with van der Waals surface area (Å²) in [5.74, 6) is 2.58. The Bertz CT molecular complexity index is 330. The van der Waals surface area contributed by atoms with Gasteiger partial charge in [-0.25, -0.2) is 9.97 Å². The molecule has 1 aromatic heterocycles. The quantitative estimate of drug-likeness (QED) is 0.748. The van der Waals surface area contributed by atoms with Crippen LogP contribution in [0.2, 0.25) is 0 Å². The minimum absolute atomic E-state index is 0.740. The number of halogens is 1. The highest BCUT2D eigenvalue weighted by molar-refractivity contribution is 9.10. The zero-order valence-corrected chi connectivity index (χ0v) is 12.8. The van der Waals surface area contributed by atoms with Crippen molar-refractivity contribution >= 4 is 21.7 Å². The molecular weight excluding hydrogens is 278 g/mol. The van der Waals surface area contributed by atoms with Gasteiger partial charge in [0.15, 0.2) is 0 Å². The normalized spacial score (nSPS) is 10.9. The van der Waals surface area contributed by atoms with Gasteiger partial charge in [0.2, 0.25) is 0 Å². The molecule has 0 radical (unpaired) electrons. The van der Waals surface area contributed by atoms with Crippen molar-refractivity contribution in [1.82, 2.24) is 9.97 Å². The summed E-state index contributed by atoms with van der Waals surface area (Å²) in [4.78, 5) is 11.1. The minimum atomic E-state index is 0.740.